The first-order valence-corrected chi connectivity index (χ1v) is 4.02. The molecule has 0 spiro atoms. The quantitative estimate of drug-likeness (QED) is 0.674. The zero-order valence-electron chi connectivity index (χ0n) is 6.13. The molecular formula is C6H9N3OS. The van der Waals surface area contributed by atoms with Gasteiger partial charge in [-0.05, 0) is 6.92 Å². The number of carbonyl (C=O) groups excluding carboxylic acids is 1. The number of carbonyl (C=O) groups is 1. The number of hydrogen-bond donors (Lipinski definition) is 2. The van der Waals surface area contributed by atoms with E-state index in [2.05, 4.69) is 10.3 Å². The van der Waals surface area contributed by atoms with Crippen LogP contribution in [0.3, 0.4) is 0 Å². The Bertz CT molecular complexity index is 258. The van der Waals surface area contributed by atoms with E-state index in [1.54, 1.807) is 0 Å². The van der Waals surface area contributed by atoms with Crippen LogP contribution >= 0.6 is 11.3 Å². The number of nitrogens with zero attached hydrogens (tertiary/aromatic N) is 1. The van der Waals surface area contributed by atoms with Crippen LogP contribution in [0.5, 0.6) is 0 Å². The Morgan fingerprint density at radius 3 is 3.09 bits per heavy atom. The lowest BCUT2D eigenvalue weighted by Crippen LogP contribution is -2.21. The second-order valence-electron chi connectivity index (χ2n) is 2.05. The SMILES string of the molecule is Cc1csc(NC(=O)CN)n1. The van der Waals surface area contributed by atoms with Crippen LogP contribution in [0.2, 0.25) is 0 Å². The minimum absolute atomic E-state index is 0.00136. The highest BCUT2D eigenvalue weighted by Crippen LogP contribution is 2.13. The number of thiazole rings is 1. The summed E-state index contributed by atoms with van der Waals surface area (Å²) in [4.78, 5) is 14.8. The molecule has 1 aromatic rings. The number of anilines is 1. The van der Waals surface area contributed by atoms with Crippen LogP contribution in [0.15, 0.2) is 5.38 Å². The summed E-state index contributed by atoms with van der Waals surface area (Å²) in [6.45, 7) is 1.87. The Morgan fingerprint density at radius 1 is 1.91 bits per heavy atom. The van der Waals surface area contributed by atoms with Crippen molar-refractivity contribution < 1.29 is 4.79 Å². The van der Waals surface area contributed by atoms with E-state index in [0.29, 0.717) is 5.13 Å². The highest BCUT2D eigenvalue weighted by molar-refractivity contribution is 7.13. The van der Waals surface area contributed by atoms with Gasteiger partial charge in [0.25, 0.3) is 0 Å². The van der Waals surface area contributed by atoms with Crippen molar-refractivity contribution in [1.82, 2.24) is 4.98 Å². The Hall–Kier alpha value is -0.940. The van der Waals surface area contributed by atoms with E-state index in [-0.39, 0.29) is 12.5 Å². The van der Waals surface area contributed by atoms with Crippen LogP contribution in [-0.2, 0) is 4.79 Å². The molecule has 0 aliphatic rings. The summed E-state index contributed by atoms with van der Waals surface area (Å²) in [6, 6.07) is 0. The van der Waals surface area contributed by atoms with Crippen LogP contribution in [0.25, 0.3) is 0 Å². The van der Waals surface area contributed by atoms with Crippen molar-refractivity contribution in [3.8, 4) is 0 Å². The van der Waals surface area contributed by atoms with Gasteiger partial charge in [0.15, 0.2) is 5.13 Å². The first-order chi connectivity index (χ1) is 5.22. The van der Waals surface area contributed by atoms with Crippen molar-refractivity contribution >= 4 is 22.4 Å². The molecule has 0 atom stereocenters. The molecule has 4 nitrogen and oxygen atoms in total. The van der Waals surface area contributed by atoms with Crippen molar-refractivity contribution in [2.75, 3.05) is 11.9 Å². The number of aromatic nitrogens is 1. The molecule has 0 bridgehead atoms. The predicted molar refractivity (Wildman–Crippen MR) is 44.5 cm³/mol. The first-order valence-electron chi connectivity index (χ1n) is 3.14. The number of amides is 1. The monoisotopic (exact) mass is 171 g/mol. The Balaban J connectivity index is 2.57. The molecule has 0 unspecified atom stereocenters. The maximum atomic E-state index is 10.7. The summed E-state index contributed by atoms with van der Waals surface area (Å²) in [7, 11) is 0. The third kappa shape index (κ3) is 2.28. The lowest BCUT2D eigenvalue weighted by atomic mass is 10.6. The van der Waals surface area contributed by atoms with Crippen LogP contribution in [0.1, 0.15) is 5.69 Å². The third-order valence-corrected chi connectivity index (χ3v) is 1.93. The predicted octanol–water partition coefficient (Wildman–Crippen LogP) is 0.349. The molecule has 0 saturated carbocycles. The largest absolute Gasteiger partial charge is 0.322 e. The molecular weight excluding hydrogens is 162 g/mol. The van der Waals surface area contributed by atoms with Crippen molar-refractivity contribution in [1.29, 1.82) is 0 Å². The lowest BCUT2D eigenvalue weighted by molar-refractivity contribution is -0.114. The van der Waals surface area contributed by atoms with Crippen molar-refractivity contribution in [3.05, 3.63) is 11.1 Å². The molecule has 0 aliphatic carbocycles. The summed E-state index contributed by atoms with van der Waals surface area (Å²) < 4.78 is 0. The fourth-order valence-electron chi connectivity index (χ4n) is 0.582. The summed E-state index contributed by atoms with van der Waals surface area (Å²) in [5.41, 5.74) is 6.00. The van der Waals surface area contributed by atoms with Crippen LogP contribution in [0, 0.1) is 6.92 Å². The molecule has 11 heavy (non-hydrogen) atoms. The maximum Gasteiger partial charge on any atom is 0.239 e. The molecule has 1 amide bonds. The number of rotatable bonds is 2. The van der Waals surface area contributed by atoms with Gasteiger partial charge in [-0.25, -0.2) is 4.98 Å². The highest BCUT2D eigenvalue weighted by atomic mass is 32.1. The number of hydrogen-bond acceptors (Lipinski definition) is 4. The second-order valence-corrected chi connectivity index (χ2v) is 2.90. The lowest BCUT2D eigenvalue weighted by Gasteiger charge is -1.95. The fourth-order valence-corrected chi connectivity index (χ4v) is 1.29. The third-order valence-electron chi connectivity index (χ3n) is 1.05. The fraction of sp³-hybridized carbons (Fsp3) is 0.333. The average molecular weight is 171 g/mol. The normalized spacial score (nSPS) is 9.64. The van der Waals surface area contributed by atoms with Gasteiger partial charge in [0.05, 0.1) is 12.2 Å². The molecule has 60 valence electrons. The standard InChI is InChI=1S/C6H9N3OS/c1-4-3-11-6(8-4)9-5(10)2-7/h3H,2,7H2,1H3,(H,8,9,10). The zero-order chi connectivity index (χ0) is 8.27. The van der Waals surface area contributed by atoms with Crippen molar-refractivity contribution in [2.24, 2.45) is 5.73 Å². The second kappa shape index (κ2) is 3.45. The van der Waals surface area contributed by atoms with Crippen LogP contribution in [-0.4, -0.2) is 17.4 Å². The number of nitrogens with one attached hydrogen (secondary N) is 1. The minimum Gasteiger partial charge on any atom is -0.322 e. The van der Waals surface area contributed by atoms with Gasteiger partial charge in [0, 0.05) is 5.38 Å². The number of nitrogens with two attached hydrogens (primary N) is 1. The molecule has 1 heterocycles. The van der Waals surface area contributed by atoms with Gasteiger partial charge in [-0.1, -0.05) is 0 Å². The van der Waals surface area contributed by atoms with Gasteiger partial charge in [-0.2, -0.15) is 0 Å². The van der Waals surface area contributed by atoms with Gasteiger partial charge in [-0.15, -0.1) is 11.3 Å². The van der Waals surface area contributed by atoms with Crippen LogP contribution in [0.4, 0.5) is 5.13 Å². The summed E-state index contributed by atoms with van der Waals surface area (Å²) in [6.07, 6.45) is 0. The molecule has 1 rings (SSSR count). The summed E-state index contributed by atoms with van der Waals surface area (Å²) >= 11 is 1.39. The Kier molecular flexibility index (Phi) is 2.56. The van der Waals surface area contributed by atoms with E-state index in [1.165, 1.54) is 11.3 Å². The van der Waals surface area contributed by atoms with Crippen molar-refractivity contribution in [2.45, 2.75) is 6.92 Å². The Morgan fingerprint density at radius 2 is 2.64 bits per heavy atom. The molecule has 3 N–H and O–H groups in total. The van der Waals surface area contributed by atoms with Crippen molar-refractivity contribution in [3.63, 3.8) is 0 Å². The van der Waals surface area contributed by atoms with Gasteiger partial charge in [0.1, 0.15) is 0 Å². The first kappa shape index (κ1) is 8.16. The Labute approximate surface area is 68.4 Å². The molecule has 0 fully saturated rings. The molecule has 0 saturated heterocycles. The van der Waals surface area contributed by atoms with E-state index in [4.69, 9.17) is 5.73 Å². The molecule has 0 aromatic carbocycles. The maximum absolute atomic E-state index is 10.7. The summed E-state index contributed by atoms with van der Waals surface area (Å²) in [5.74, 6) is -0.209. The smallest absolute Gasteiger partial charge is 0.239 e. The minimum atomic E-state index is -0.209. The van der Waals surface area contributed by atoms with E-state index in [9.17, 15) is 4.79 Å². The van der Waals surface area contributed by atoms with Gasteiger partial charge in [-0.3, -0.25) is 4.79 Å². The zero-order valence-corrected chi connectivity index (χ0v) is 6.94. The number of aryl methyl sites for hydroxylation is 1. The van der Waals surface area contributed by atoms with E-state index < -0.39 is 0 Å². The van der Waals surface area contributed by atoms with E-state index in [1.807, 2.05) is 12.3 Å². The highest BCUT2D eigenvalue weighted by Gasteiger charge is 2.01. The molecule has 0 radical (unpaired) electrons. The topological polar surface area (TPSA) is 68.0 Å². The van der Waals surface area contributed by atoms with Gasteiger partial charge >= 0.3 is 0 Å². The summed E-state index contributed by atoms with van der Waals surface area (Å²) in [5, 5.41) is 5.03. The molecule has 1 aromatic heterocycles. The average Bonchev–Trinajstić information content (AvgIpc) is 2.35. The van der Waals surface area contributed by atoms with E-state index in [0.717, 1.165) is 5.69 Å². The van der Waals surface area contributed by atoms with Crippen LogP contribution < -0.4 is 11.1 Å². The van der Waals surface area contributed by atoms with Gasteiger partial charge in [0.2, 0.25) is 5.91 Å². The van der Waals surface area contributed by atoms with E-state index >= 15 is 0 Å². The molecule has 5 heteroatoms. The van der Waals surface area contributed by atoms with Gasteiger partial charge < -0.3 is 11.1 Å². The molecule has 0 aliphatic heterocycles.